The number of benzene rings is 2. The summed E-state index contributed by atoms with van der Waals surface area (Å²) in [4.78, 5) is 2.46. The highest BCUT2D eigenvalue weighted by Crippen LogP contribution is 2.28. The van der Waals surface area contributed by atoms with Crippen molar-refractivity contribution in [2.75, 3.05) is 20.2 Å². The fourth-order valence-corrected chi connectivity index (χ4v) is 3.89. The third-order valence-electron chi connectivity index (χ3n) is 5.48. The van der Waals surface area contributed by atoms with Crippen LogP contribution in [0.3, 0.4) is 0 Å². The average molecular weight is 378 g/mol. The predicted molar refractivity (Wildman–Crippen MR) is 108 cm³/mol. The zero-order valence-corrected chi connectivity index (χ0v) is 16.2. The normalized spacial score (nSPS) is 15.6. The molecule has 6 heteroatoms. The van der Waals surface area contributed by atoms with Gasteiger partial charge >= 0.3 is 0 Å². The summed E-state index contributed by atoms with van der Waals surface area (Å²) in [6.07, 6.45) is 5.06. The van der Waals surface area contributed by atoms with E-state index in [0.29, 0.717) is 11.7 Å². The lowest BCUT2D eigenvalue weighted by Crippen LogP contribution is -2.34. The van der Waals surface area contributed by atoms with Crippen molar-refractivity contribution in [3.05, 3.63) is 66.2 Å². The van der Waals surface area contributed by atoms with Gasteiger partial charge in [0.2, 0.25) is 0 Å². The van der Waals surface area contributed by atoms with E-state index >= 15 is 0 Å². The van der Waals surface area contributed by atoms with E-state index < -0.39 is 0 Å². The maximum absolute atomic E-state index is 9.75. The van der Waals surface area contributed by atoms with E-state index in [9.17, 15) is 5.11 Å². The number of para-hydroxylation sites is 1. The second-order valence-electron chi connectivity index (χ2n) is 7.38. The molecule has 0 atom stereocenters. The lowest BCUT2D eigenvalue weighted by molar-refractivity contribution is 0.175. The van der Waals surface area contributed by atoms with Crippen molar-refractivity contribution in [2.45, 2.75) is 25.8 Å². The van der Waals surface area contributed by atoms with E-state index in [-0.39, 0.29) is 5.75 Å². The Morgan fingerprint density at radius 1 is 1.11 bits per heavy atom. The minimum absolute atomic E-state index is 0.187. The summed E-state index contributed by atoms with van der Waals surface area (Å²) in [6.45, 7) is 3.00. The molecule has 1 saturated heterocycles. The standard InChI is InChI=1S/C22H26N4O2/c1-28-21-13-18(7-8-20(21)27)15-25-11-9-17(10-12-25)14-22-24-23-16-26(22)19-5-3-2-4-6-19/h2-8,13,16-17,27H,9-12,14-15H2,1H3. The molecule has 4 rings (SSSR count). The first kappa shape index (κ1) is 18.5. The summed E-state index contributed by atoms with van der Waals surface area (Å²) in [5.41, 5.74) is 2.28. The largest absolute Gasteiger partial charge is 0.504 e. The van der Waals surface area contributed by atoms with E-state index in [1.165, 1.54) is 0 Å². The van der Waals surface area contributed by atoms with Crippen LogP contribution in [0.15, 0.2) is 54.9 Å². The topological polar surface area (TPSA) is 63.4 Å². The van der Waals surface area contributed by atoms with Gasteiger partial charge in [0.25, 0.3) is 0 Å². The molecular formula is C22H26N4O2. The molecule has 1 aromatic heterocycles. The van der Waals surface area contributed by atoms with Crippen LogP contribution in [0.5, 0.6) is 11.5 Å². The Labute approximate surface area is 165 Å². The smallest absolute Gasteiger partial charge is 0.160 e. The molecule has 6 nitrogen and oxygen atoms in total. The second kappa shape index (κ2) is 8.44. The van der Waals surface area contributed by atoms with E-state index in [0.717, 1.165) is 56.0 Å². The van der Waals surface area contributed by atoms with Gasteiger partial charge in [-0.15, -0.1) is 10.2 Å². The summed E-state index contributed by atoms with van der Waals surface area (Å²) in [5.74, 6) is 2.38. The minimum Gasteiger partial charge on any atom is -0.504 e. The molecule has 3 aromatic rings. The van der Waals surface area contributed by atoms with Crippen LogP contribution in [-0.2, 0) is 13.0 Å². The number of phenolic OH excluding ortho intramolecular Hbond substituents is 1. The highest BCUT2D eigenvalue weighted by Gasteiger charge is 2.22. The number of rotatable bonds is 6. The fraction of sp³-hybridized carbons (Fsp3) is 0.364. The van der Waals surface area contributed by atoms with Crippen LogP contribution in [-0.4, -0.2) is 45.0 Å². The summed E-state index contributed by atoms with van der Waals surface area (Å²) < 4.78 is 7.31. The maximum Gasteiger partial charge on any atom is 0.160 e. The zero-order chi connectivity index (χ0) is 19.3. The number of nitrogens with zero attached hydrogens (tertiary/aromatic N) is 4. The molecule has 0 unspecified atom stereocenters. The first-order chi connectivity index (χ1) is 13.7. The lowest BCUT2D eigenvalue weighted by atomic mass is 9.93. The van der Waals surface area contributed by atoms with Gasteiger partial charge in [-0.3, -0.25) is 9.47 Å². The molecule has 1 aliphatic heterocycles. The predicted octanol–water partition coefficient (Wildman–Crippen LogP) is 3.44. The Kier molecular flexibility index (Phi) is 5.58. The SMILES string of the molecule is COc1cc(CN2CCC(Cc3nncn3-c3ccccc3)CC2)ccc1O. The van der Waals surface area contributed by atoms with E-state index in [4.69, 9.17) is 4.74 Å². The average Bonchev–Trinajstić information content (AvgIpc) is 3.19. The third-order valence-corrected chi connectivity index (χ3v) is 5.48. The van der Waals surface area contributed by atoms with E-state index in [1.54, 1.807) is 19.5 Å². The van der Waals surface area contributed by atoms with Crippen molar-refractivity contribution < 1.29 is 9.84 Å². The van der Waals surface area contributed by atoms with Crippen LogP contribution in [0.25, 0.3) is 5.69 Å². The van der Waals surface area contributed by atoms with Gasteiger partial charge in [-0.05, 0) is 61.7 Å². The number of phenols is 1. The molecule has 0 saturated carbocycles. The summed E-state index contributed by atoms with van der Waals surface area (Å²) >= 11 is 0. The summed E-state index contributed by atoms with van der Waals surface area (Å²) in [5, 5.41) is 18.2. The molecular weight excluding hydrogens is 352 g/mol. The lowest BCUT2D eigenvalue weighted by Gasteiger charge is -2.32. The number of aromatic nitrogens is 3. The van der Waals surface area contributed by atoms with Gasteiger partial charge in [0.15, 0.2) is 11.5 Å². The second-order valence-corrected chi connectivity index (χ2v) is 7.38. The Bertz CT molecular complexity index is 902. The van der Waals surface area contributed by atoms with Crippen molar-refractivity contribution >= 4 is 0 Å². The van der Waals surface area contributed by atoms with Crippen molar-refractivity contribution in [2.24, 2.45) is 5.92 Å². The zero-order valence-electron chi connectivity index (χ0n) is 16.2. The maximum atomic E-state index is 9.75. The van der Waals surface area contributed by atoms with Crippen LogP contribution in [0.2, 0.25) is 0 Å². The molecule has 1 fully saturated rings. The van der Waals surface area contributed by atoms with Crippen LogP contribution in [0, 0.1) is 5.92 Å². The van der Waals surface area contributed by atoms with Crippen LogP contribution in [0.4, 0.5) is 0 Å². The van der Waals surface area contributed by atoms with Gasteiger partial charge in [-0.2, -0.15) is 0 Å². The Hall–Kier alpha value is -2.86. The molecule has 1 aliphatic rings. The van der Waals surface area contributed by atoms with Crippen molar-refractivity contribution in [1.82, 2.24) is 19.7 Å². The van der Waals surface area contributed by atoms with Crippen LogP contribution in [0.1, 0.15) is 24.2 Å². The molecule has 0 bridgehead atoms. The molecule has 0 amide bonds. The molecule has 0 spiro atoms. The van der Waals surface area contributed by atoms with E-state index in [1.807, 2.05) is 30.3 Å². The quantitative estimate of drug-likeness (QED) is 0.712. The third kappa shape index (κ3) is 4.17. The first-order valence-corrected chi connectivity index (χ1v) is 9.75. The number of ether oxygens (including phenoxy) is 1. The van der Waals surface area contributed by atoms with Gasteiger partial charge in [0.1, 0.15) is 12.2 Å². The molecule has 2 aromatic carbocycles. The molecule has 2 heterocycles. The Morgan fingerprint density at radius 3 is 2.64 bits per heavy atom. The van der Waals surface area contributed by atoms with Gasteiger partial charge in [0.05, 0.1) is 7.11 Å². The summed E-state index contributed by atoms with van der Waals surface area (Å²) in [6, 6.07) is 15.9. The Balaban J connectivity index is 1.34. The minimum atomic E-state index is 0.187. The highest BCUT2D eigenvalue weighted by atomic mass is 16.5. The molecule has 0 aliphatic carbocycles. The monoisotopic (exact) mass is 378 g/mol. The molecule has 146 valence electrons. The summed E-state index contributed by atoms with van der Waals surface area (Å²) in [7, 11) is 1.58. The van der Waals surface area contributed by atoms with Gasteiger partial charge in [0, 0.05) is 18.7 Å². The van der Waals surface area contributed by atoms with Crippen LogP contribution < -0.4 is 4.74 Å². The van der Waals surface area contributed by atoms with E-state index in [2.05, 4.69) is 31.8 Å². The molecule has 28 heavy (non-hydrogen) atoms. The van der Waals surface area contributed by atoms with Crippen molar-refractivity contribution in [1.29, 1.82) is 0 Å². The number of piperidine rings is 1. The number of hydrogen-bond donors (Lipinski definition) is 1. The highest BCUT2D eigenvalue weighted by molar-refractivity contribution is 5.41. The number of methoxy groups -OCH3 is 1. The van der Waals surface area contributed by atoms with Gasteiger partial charge in [-0.1, -0.05) is 24.3 Å². The van der Waals surface area contributed by atoms with Gasteiger partial charge in [-0.25, -0.2) is 0 Å². The number of hydrogen-bond acceptors (Lipinski definition) is 5. The number of likely N-dealkylation sites (tertiary alicyclic amines) is 1. The molecule has 1 N–H and O–H groups in total. The number of aromatic hydroxyl groups is 1. The Morgan fingerprint density at radius 2 is 1.89 bits per heavy atom. The van der Waals surface area contributed by atoms with Crippen molar-refractivity contribution in [3.8, 4) is 17.2 Å². The molecule has 0 radical (unpaired) electrons. The van der Waals surface area contributed by atoms with Crippen molar-refractivity contribution in [3.63, 3.8) is 0 Å². The van der Waals surface area contributed by atoms with Gasteiger partial charge < -0.3 is 9.84 Å². The first-order valence-electron chi connectivity index (χ1n) is 9.75. The van der Waals surface area contributed by atoms with Crippen LogP contribution >= 0.6 is 0 Å². The fourth-order valence-electron chi connectivity index (χ4n) is 3.89.